The fourth-order valence-electron chi connectivity index (χ4n) is 5.43. The molecule has 2 N–H and O–H groups in total. The summed E-state index contributed by atoms with van der Waals surface area (Å²) in [7, 11) is -3.53. The van der Waals surface area contributed by atoms with E-state index in [0.29, 0.717) is 32.9 Å². The Balaban J connectivity index is 1.40. The van der Waals surface area contributed by atoms with Gasteiger partial charge in [-0.25, -0.2) is 13.4 Å². The van der Waals surface area contributed by atoms with Crippen LogP contribution in [0.5, 0.6) is 0 Å². The minimum atomic E-state index is -3.53. The van der Waals surface area contributed by atoms with Crippen LogP contribution in [-0.4, -0.2) is 55.4 Å². The molecular formula is C32H31ClN6O3S. The van der Waals surface area contributed by atoms with Crippen LogP contribution in [0.1, 0.15) is 30.4 Å². The molecule has 1 aliphatic carbocycles. The van der Waals surface area contributed by atoms with Gasteiger partial charge in [0.05, 0.1) is 27.7 Å². The van der Waals surface area contributed by atoms with Crippen molar-refractivity contribution in [2.24, 2.45) is 0 Å². The molecule has 6 rings (SSSR count). The Morgan fingerprint density at radius 2 is 1.91 bits per heavy atom. The van der Waals surface area contributed by atoms with Crippen molar-refractivity contribution in [3.8, 4) is 11.8 Å². The third-order valence-corrected chi connectivity index (χ3v) is 9.09. The molecule has 0 bridgehead atoms. The predicted molar refractivity (Wildman–Crippen MR) is 171 cm³/mol. The zero-order valence-corrected chi connectivity index (χ0v) is 25.3. The van der Waals surface area contributed by atoms with Crippen LogP contribution >= 0.6 is 11.6 Å². The molecule has 1 fully saturated rings. The van der Waals surface area contributed by atoms with Gasteiger partial charge < -0.3 is 15.5 Å². The number of aromatic nitrogens is 3. The van der Waals surface area contributed by atoms with E-state index in [2.05, 4.69) is 38.4 Å². The van der Waals surface area contributed by atoms with E-state index in [1.54, 1.807) is 36.5 Å². The summed E-state index contributed by atoms with van der Waals surface area (Å²) in [5, 5.41) is 7.77. The van der Waals surface area contributed by atoms with Gasteiger partial charge in [0.25, 0.3) is 5.56 Å². The van der Waals surface area contributed by atoms with Gasteiger partial charge in [-0.05, 0) is 60.7 Å². The van der Waals surface area contributed by atoms with Crippen molar-refractivity contribution in [2.75, 3.05) is 42.7 Å². The molecule has 3 heterocycles. The van der Waals surface area contributed by atoms with E-state index in [4.69, 9.17) is 16.6 Å². The van der Waals surface area contributed by atoms with Gasteiger partial charge in [0.1, 0.15) is 5.65 Å². The van der Waals surface area contributed by atoms with Crippen molar-refractivity contribution in [1.82, 2.24) is 19.9 Å². The van der Waals surface area contributed by atoms with E-state index in [9.17, 15) is 13.2 Å². The lowest BCUT2D eigenvalue weighted by molar-refractivity contribution is 0.589. The molecule has 9 nitrogen and oxygen atoms in total. The normalized spacial score (nSPS) is 15.2. The van der Waals surface area contributed by atoms with E-state index in [0.717, 1.165) is 63.0 Å². The standard InChI is InChI=1S/C32H31ClN6O3S/c1-43(41,42)29-9-5-4-8-24(29)21-39-30-25(18-23(31(39)40)11-10-22-6-2-3-7-22)20-35-32(37-30)36-26-12-13-28(27(33)19-26)38-16-14-34-15-17-38/h4-6,8-9,12-13,18-20,34H,2-3,7,14-17,21H2,1H3,(H,35,36,37). The van der Waals surface area contributed by atoms with Gasteiger partial charge in [-0.2, -0.15) is 4.98 Å². The van der Waals surface area contributed by atoms with Crippen LogP contribution in [0.2, 0.25) is 5.02 Å². The minimum absolute atomic E-state index is 0.00152. The highest BCUT2D eigenvalue weighted by Crippen LogP contribution is 2.30. The number of rotatable bonds is 6. The summed E-state index contributed by atoms with van der Waals surface area (Å²) in [6, 6.07) is 14.1. The number of hydrogen-bond acceptors (Lipinski definition) is 8. The summed E-state index contributed by atoms with van der Waals surface area (Å²) in [5.74, 6) is 6.46. The van der Waals surface area contributed by atoms with Gasteiger partial charge in [-0.1, -0.05) is 47.7 Å². The Bertz CT molecular complexity index is 1970. The van der Waals surface area contributed by atoms with E-state index in [1.807, 2.05) is 18.2 Å². The topological polar surface area (TPSA) is 109 Å². The second-order valence-corrected chi connectivity index (χ2v) is 13.1. The average molecular weight is 615 g/mol. The van der Waals surface area contributed by atoms with Gasteiger partial charge in [0.2, 0.25) is 5.95 Å². The lowest BCUT2D eigenvalue weighted by atomic mass is 10.1. The molecule has 0 radical (unpaired) electrons. The molecule has 2 aromatic carbocycles. The number of fused-ring (bicyclic) bond motifs is 1. The van der Waals surface area contributed by atoms with Crippen molar-refractivity contribution >= 4 is 49.8 Å². The first-order valence-corrected chi connectivity index (χ1v) is 16.4. The van der Waals surface area contributed by atoms with E-state index < -0.39 is 9.84 Å². The van der Waals surface area contributed by atoms with Crippen LogP contribution in [0.4, 0.5) is 17.3 Å². The van der Waals surface area contributed by atoms with Crippen LogP contribution in [0, 0.1) is 11.8 Å². The summed E-state index contributed by atoms with van der Waals surface area (Å²) < 4.78 is 26.6. The van der Waals surface area contributed by atoms with Crippen molar-refractivity contribution in [3.63, 3.8) is 0 Å². The largest absolute Gasteiger partial charge is 0.368 e. The maximum absolute atomic E-state index is 13.8. The van der Waals surface area contributed by atoms with Crippen molar-refractivity contribution in [1.29, 1.82) is 0 Å². The van der Waals surface area contributed by atoms with E-state index in [1.165, 1.54) is 4.57 Å². The second kappa shape index (κ2) is 12.2. The molecule has 220 valence electrons. The molecular weight excluding hydrogens is 584 g/mol. The zero-order chi connectivity index (χ0) is 30.0. The molecule has 2 aromatic heterocycles. The molecule has 1 aliphatic heterocycles. The van der Waals surface area contributed by atoms with Gasteiger partial charge >= 0.3 is 0 Å². The van der Waals surface area contributed by atoms with Crippen molar-refractivity contribution < 1.29 is 8.42 Å². The SMILES string of the molecule is CS(=O)(=O)c1ccccc1Cn1c(=O)c(C#CC2=CCCC2)cc2cnc(Nc3ccc(N4CCNCC4)c(Cl)c3)nc21. The Morgan fingerprint density at radius 1 is 1.09 bits per heavy atom. The van der Waals surface area contributed by atoms with E-state index in [-0.39, 0.29) is 22.9 Å². The molecule has 0 amide bonds. The highest BCUT2D eigenvalue weighted by atomic mass is 35.5. The van der Waals surface area contributed by atoms with Crippen molar-refractivity contribution in [3.05, 3.63) is 92.9 Å². The maximum Gasteiger partial charge on any atom is 0.268 e. The maximum atomic E-state index is 13.8. The number of halogens is 1. The van der Waals surface area contributed by atoms with Gasteiger partial charge in [-0.15, -0.1) is 0 Å². The van der Waals surface area contributed by atoms with Crippen LogP contribution in [0.25, 0.3) is 11.0 Å². The molecule has 1 saturated heterocycles. The summed E-state index contributed by atoms with van der Waals surface area (Å²) in [6.07, 6.45) is 7.84. The number of nitrogens with one attached hydrogen (secondary N) is 2. The van der Waals surface area contributed by atoms with E-state index >= 15 is 0 Å². The zero-order valence-electron chi connectivity index (χ0n) is 23.7. The van der Waals surface area contributed by atoms with Gasteiger partial charge in [0, 0.05) is 49.7 Å². The molecule has 0 atom stereocenters. The molecule has 4 aromatic rings. The quantitative estimate of drug-likeness (QED) is 0.305. The Morgan fingerprint density at radius 3 is 2.65 bits per heavy atom. The first kappa shape index (κ1) is 28.9. The number of benzene rings is 2. The summed E-state index contributed by atoms with van der Waals surface area (Å²) in [6.45, 7) is 3.57. The number of sulfone groups is 1. The third kappa shape index (κ3) is 6.44. The van der Waals surface area contributed by atoms with Gasteiger partial charge in [0.15, 0.2) is 9.84 Å². The third-order valence-electron chi connectivity index (χ3n) is 7.59. The number of pyridine rings is 1. The average Bonchev–Trinajstić information content (AvgIpc) is 3.52. The monoisotopic (exact) mass is 614 g/mol. The molecule has 2 aliphatic rings. The van der Waals surface area contributed by atoms with Crippen molar-refractivity contribution in [2.45, 2.75) is 30.7 Å². The highest BCUT2D eigenvalue weighted by Gasteiger charge is 2.18. The molecule has 11 heteroatoms. The highest BCUT2D eigenvalue weighted by molar-refractivity contribution is 7.90. The number of nitrogens with zero attached hydrogens (tertiary/aromatic N) is 4. The number of allylic oxidation sites excluding steroid dienone is 2. The van der Waals surface area contributed by atoms with Crippen LogP contribution in [-0.2, 0) is 16.4 Å². The second-order valence-electron chi connectivity index (χ2n) is 10.7. The number of piperazine rings is 1. The predicted octanol–water partition coefficient (Wildman–Crippen LogP) is 4.51. The summed E-state index contributed by atoms with van der Waals surface area (Å²) in [5.41, 5.74) is 3.48. The Hall–Kier alpha value is -4.17. The molecule has 0 spiro atoms. The summed E-state index contributed by atoms with van der Waals surface area (Å²) in [4.78, 5) is 25.5. The Labute approximate surface area is 255 Å². The smallest absolute Gasteiger partial charge is 0.268 e. The fourth-order valence-corrected chi connectivity index (χ4v) is 6.66. The number of hydrogen-bond donors (Lipinski definition) is 2. The first-order chi connectivity index (χ1) is 20.8. The molecule has 43 heavy (non-hydrogen) atoms. The molecule has 0 saturated carbocycles. The van der Waals surface area contributed by atoms with Crippen LogP contribution < -0.4 is 21.1 Å². The van der Waals surface area contributed by atoms with Gasteiger partial charge in [-0.3, -0.25) is 9.36 Å². The van der Waals surface area contributed by atoms with Crippen LogP contribution in [0.15, 0.2) is 76.1 Å². The minimum Gasteiger partial charge on any atom is -0.368 e. The fraction of sp³-hybridized carbons (Fsp3) is 0.281. The molecule has 0 unspecified atom stereocenters. The summed E-state index contributed by atoms with van der Waals surface area (Å²) >= 11 is 6.65. The number of anilines is 3. The lowest BCUT2D eigenvalue weighted by Crippen LogP contribution is -2.43. The Kier molecular flexibility index (Phi) is 8.21. The first-order valence-electron chi connectivity index (χ1n) is 14.2. The lowest BCUT2D eigenvalue weighted by Gasteiger charge is -2.30. The van der Waals surface area contributed by atoms with Crippen LogP contribution in [0.3, 0.4) is 0 Å².